The van der Waals surface area contributed by atoms with Gasteiger partial charge in [-0.15, -0.1) is 0 Å². The van der Waals surface area contributed by atoms with Gasteiger partial charge in [-0.25, -0.2) is 0 Å². The minimum atomic E-state index is 0.180. The zero-order chi connectivity index (χ0) is 8.81. The Bertz CT molecular complexity index is 189. The van der Waals surface area contributed by atoms with E-state index in [0.29, 0.717) is 0 Å². The smallest absolute Gasteiger partial charge is 0.0615 e. The van der Waals surface area contributed by atoms with Gasteiger partial charge in [-0.1, -0.05) is 23.3 Å². The highest BCUT2D eigenvalue weighted by Gasteiger charge is 2.03. The van der Waals surface area contributed by atoms with Crippen molar-refractivity contribution in [3.63, 3.8) is 0 Å². The summed E-state index contributed by atoms with van der Waals surface area (Å²) < 4.78 is 0. The zero-order valence-corrected chi connectivity index (χ0v) is 7.84. The number of aliphatic hydroxyl groups excluding tert-OH is 1. The molecule has 1 rings (SSSR count). The van der Waals surface area contributed by atoms with Crippen molar-refractivity contribution in [3.05, 3.63) is 23.3 Å². The molecule has 0 fully saturated rings. The van der Waals surface area contributed by atoms with Crippen LogP contribution < -0.4 is 0 Å². The fraction of sp³-hybridized carbons (Fsp3) is 0.636. The van der Waals surface area contributed by atoms with Crippen molar-refractivity contribution in [1.29, 1.82) is 0 Å². The third-order valence-corrected chi connectivity index (χ3v) is 2.33. The molecule has 0 aromatic carbocycles. The molecule has 0 saturated carbocycles. The van der Waals surface area contributed by atoms with Gasteiger partial charge in [0, 0.05) is 0 Å². The Morgan fingerprint density at radius 2 is 2.42 bits per heavy atom. The number of rotatable bonds is 3. The molecular weight excluding hydrogens is 148 g/mol. The third-order valence-electron chi connectivity index (χ3n) is 2.33. The monoisotopic (exact) mass is 166 g/mol. The molecule has 0 aromatic heterocycles. The molecule has 1 aliphatic carbocycles. The molecule has 0 aliphatic heterocycles. The SMILES string of the molecule is CC(=CCO)CC1=CCCCC1. The first-order chi connectivity index (χ1) is 5.83. The van der Waals surface area contributed by atoms with Crippen molar-refractivity contribution >= 4 is 0 Å². The highest BCUT2D eigenvalue weighted by atomic mass is 16.2. The van der Waals surface area contributed by atoms with Gasteiger partial charge in [0.1, 0.15) is 0 Å². The van der Waals surface area contributed by atoms with Gasteiger partial charge in [-0.2, -0.15) is 0 Å². The number of hydrogen-bond donors (Lipinski definition) is 1. The van der Waals surface area contributed by atoms with Crippen LogP contribution in [0.5, 0.6) is 0 Å². The molecule has 1 heteroatoms. The van der Waals surface area contributed by atoms with Gasteiger partial charge in [0.2, 0.25) is 0 Å². The Hall–Kier alpha value is -0.560. The van der Waals surface area contributed by atoms with Crippen LogP contribution in [-0.2, 0) is 0 Å². The van der Waals surface area contributed by atoms with Crippen molar-refractivity contribution in [1.82, 2.24) is 0 Å². The van der Waals surface area contributed by atoms with Crippen LogP contribution in [0.3, 0.4) is 0 Å². The molecule has 0 atom stereocenters. The van der Waals surface area contributed by atoms with E-state index in [9.17, 15) is 0 Å². The fourth-order valence-corrected chi connectivity index (χ4v) is 1.65. The first-order valence-electron chi connectivity index (χ1n) is 4.77. The number of aliphatic hydroxyl groups is 1. The van der Waals surface area contributed by atoms with Crippen LogP contribution >= 0.6 is 0 Å². The van der Waals surface area contributed by atoms with E-state index in [1.54, 1.807) is 5.57 Å². The fourth-order valence-electron chi connectivity index (χ4n) is 1.65. The summed E-state index contributed by atoms with van der Waals surface area (Å²) in [5, 5.41) is 8.67. The molecule has 1 N–H and O–H groups in total. The highest BCUT2D eigenvalue weighted by Crippen LogP contribution is 2.22. The summed E-state index contributed by atoms with van der Waals surface area (Å²) in [6.45, 7) is 2.27. The summed E-state index contributed by atoms with van der Waals surface area (Å²) in [6.07, 6.45) is 10.5. The molecular formula is C11H18O. The van der Waals surface area contributed by atoms with Crippen LogP contribution in [0.4, 0.5) is 0 Å². The lowest BCUT2D eigenvalue weighted by Crippen LogP contribution is -1.93. The van der Waals surface area contributed by atoms with E-state index < -0.39 is 0 Å². The topological polar surface area (TPSA) is 20.2 Å². The van der Waals surface area contributed by atoms with Gasteiger partial charge in [0.05, 0.1) is 6.61 Å². The second-order valence-corrected chi connectivity index (χ2v) is 3.52. The number of hydrogen-bond acceptors (Lipinski definition) is 1. The molecule has 1 nitrogen and oxygen atoms in total. The maximum Gasteiger partial charge on any atom is 0.0615 e. The molecule has 68 valence electrons. The van der Waals surface area contributed by atoms with Crippen molar-refractivity contribution in [2.24, 2.45) is 0 Å². The minimum Gasteiger partial charge on any atom is -0.392 e. The second kappa shape index (κ2) is 5.15. The average Bonchev–Trinajstić information content (AvgIpc) is 2.06. The molecule has 1 aliphatic rings. The Balaban J connectivity index is 2.39. The first-order valence-corrected chi connectivity index (χ1v) is 4.77. The molecule has 12 heavy (non-hydrogen) atoms. The predicted molar refractivity (Wildman–Crippen MR) is 52.0 cm³/mol. The Morgan fingerprint density at radius 1 is 1.58 bits per heavy atom. The average molecular weight is 166 g/mol. The van der Waals surface area contributed by atoms with Crippen LogP contribution in [0.25, 0.3) is 0 Å². The molecule has 0 unspecified atom stereocenters. The first kappa shape index (κ1) is 9.53. The van der Waals surface area contributed by atoms with Gasteiger partial charge in [-0.3, -0.25) is 0 Å². The van der Waals surface area contributed by atoms with E-state index in [0.717, 1.165) is 6.42 Å². The molecule has 0 amide bonds. The molecule has 0 saturated heterocycles. The maximum absolute atomic E-state index is 8.67. The van der Waals surface area contributed by atoms with E-state index in [1.807, 2.05) is 6.08 Å². The van der Waals surface area contributed by atoms with Gasteiger partial charge in [0.25, 0.3) is 0 Å². The van der Waals surface area contributed by atoms with E-state index >= 15 is 0 Å². The molecule has 0 aromatic rings. The van der Waals surface area contributed by atoms with Crippen LogP contribution in [0.15, 0.2) is 23.3 Å². The molecule has 0 bridgehead atoms. The lowest BCUT2D eigenvalue weighted by Gasteiger charge is -2.12. The Kier molecular flexibility index (Phi) is 4.09. The Morgan fingerprint density at radius 3 is 3.00 bits per heavy atom. The molecule has 0 heterocycles. The van der Waals surface area contributed by atoms with Gasteiger partial charge in [-0.05, 0) is 39.0 Å². The lowest BCUT2D eigenvalue weighted by atomic mass is 9.94. The van der Waals surface area contributed by atoms with Crippen molar-refractivity contribution in [3.8, 4) is 0 Å². The summed E-state index contributed by atoms with van der Waals surface area (Å²) in [5.74, 6) is 0. The summed E-state index contributed by atoms with van der Waals surface area (Å²) in [7, 11) is 0. The summed E-state index contributed by atoms with van der Waals surface area (Å²) in [6, 6.07) is 0. The van der Waals surface area contributed by atoms with Crippen molar-refractivity contribution in [2.45, 2.75) is 39.0 Å². The normalized spacial score (nSPS) is 19.2. The van der Waals surface area contributed by atoms with Crippen molar-refractivity contribution in [2.75, 3.05) is 6.61 Å². The van der Waals surface area contributed by atoms with Crippen LogP contribution in [0.2, 0.25) is 0 Å². The lowest BCUT2D eigenvalue weighted by molar-refractivity contribution is 0.341. The summed E-state index contributed by atoms with van der Waals surface area (Å²) in [4.78, 5) is 0. The van der Waals surface area contributed by atoms with Gasteiger partial charge in [0.15, 0.2) is 0 Å². The Labute approximate surface area is 74.8 Å². The van der Waals surface area contributed by atoms with Crippen molar-refractivity contribution < 1.29 is 5.11 Å². The standard InChI is InChI=1S/C11H18O/c1-10(7-8-12)9-11-5-3-2-4-6-11/h5,7,12H,2-4,6,8-9H2,1H3. The largest absolute Gasteiger partial charge is 0.392 e. The molecule has 0 spiro atoms. The van der Waals surface area contributed by atoms with Gasteiger partial charge < -0.3 is 5.11 Å². The second-order valence-electron chi connectivity index (χ2n) is 3.52. The quantitative estimate of drug-likeness (QED) is 0.639. The van der Waals surface area contributed by atoms with Crippen LogP contribution in [-0.4, -0.2) is 11.7 Å². The van der Waals surface area contributed by atoms with E-state index in [1.165, 1.54) is 31.3 Å². The van der Waals surface area contributed by atoms with E-state index in [-0.39, 0.29) is 6.61 Å². The summed E-state index contributed by atoms with van der Waals surface area (Å²) >= 11 is 0. The number of allylic oxidation sites excluding steroid dienone is 3. The maximum atomic E-state index is 8.67. The predicted octanol–water partition coefficient (Wildman–Crippen LogP) is 2.82. The third kappa shape index (κ3) is 3.22. The minimum absolute atomic E-state index is 0.180. The van der Waals surface area contributed by atoms with E-state index in [4.69, 9.17) is 5.11 Å². The zero-order valence-electron chi connectivity index (χ0n) is 7.84. The summed E-state index contributed by atoms with van der Waals surface area (Å²) in [5.41, 5.74) is 2.86. The van der Waals surface area contributed by atoms with E-state index in [2.05, 4.69) is 13.0 Å². The van der Waals surface area contributed by atoms with Crippen LogP contribution in [0.1, 0.15) is 39.0 Å². The highest BCUT2D eigenvalue weighted by molar-refractivity contribution is 5.15. The molecule has 0 radical (unpaired) electrons. The van der Waals surface area contributed by atoms with Crippen LogP contribution in [0, 0.1) is 0 Å². The van der Waals surface area contributed by atoms with Gasteiger partial charge >= 0.3 is 0 Å².